The summed E-state index contributed by atoms with van der Waals surface area (Å²) < 4.78 is 10.3. The Hall–Kier alpha value is -2.04. The van der Waals surface area contributed by atoms with Gasteiger partial charge in [-0.2, -0.15) is 0 Å². The standard InChI is InChI=1S/C14H19NO4/c1-9-6-11(7-10(8-16)12(9)18-5)15-13(17)19-14(2,3)4/h6-8H,1-5H3,(H,15,17). The zero-order valence-electron chi connectivity index (χ0n) is 11.9. The van der Waals surface area contributed by atoms with E-state index in [-0.39, 0.29) is 0 Å². The number of amides is 1. The third-order valence-corrected chi connectivity index (χ3v) is 2.28. The fourth-order valence-electron chi connectivity index (χ4n) is 1.66. The largest absolute Gasteiger partial charge is 0.496 e. The van der Waals surface area contributed by atoms with E-state index in [0.717, 1.165) is 5.56 Å². The zero-order valence-corrected chi connectivity index (χ0v) is 11.9. The highest BCUT2D eigenvalue weighted by Crippen LogP contribution is 2.26. The summed E-state index contributed by atoms with van der Waals surface area (Å²) in [6.45, 7) is 7.14. The number of carbonyl (C=O) groups is 2. The molecular weight excluding hydrogens is 246 g/mol. The minimum absolute atomic E-state index is 0.383. The molecule has 0 heterocycles. The van der Waals surface area contributed by atoms with Crippen LogP contribution in [0.2, 0.25) is 0 Å². The van der Waals surface area contributed by atoms with E-state index in [9.17, 15) is 9.59 Å². The Kier molecular flexibility index (Phi) is 4.53. The Morgan fingerprint density at radius 3 is 2.42 bits per heavy atom. The van der Waals surface area contributed by atoms with Crippen molar-refractivity contribution in [1.29, 1.82) is 0 Å². The molecular formula is C14H19NO4. The molecule has 0 saturated carbocycles. The van der Waals surface area contributed by atoms with Gasteiger partial charge in [-0.15, -0.1) is 0 Å². The molecule has 104 valence electrons. The van der Waals surface area contributed by atoms with Crippen LogP contribution in [0, 0.1) is 6.92 Å². The number of hydrogen-bond donors (Lipinski definition) is 1. The van der Waals surface area contributed by atoms with Crippen molar-refractivity contribution in [3.63, 3.8) is 0 Å². The summed E-state index contributed by atoms with van der Waals surface area (Å²) in [6.07, 6.45) is 0.125. The van der Waals surface area contributed by atoms with Crippen molar-refractivity contribution >= 4 is 18.1 Å². The van der Waals surface area contributed by atoms with Gasteiger partial charge in [0, 0.05) is 5.69 Å². The average molecular weight is 265 g/mol. The number of hydrogen-bond acceptors (Lipinski definition) is 4. The smallest absolute Gasteiger partial charge is 0.412 e. The second-order valence-electron chi connectivity index (χ2n) is 5.16. The van der Waals surface area contributed by atoms with Crippen LogP contribution in [-0.2, 0) is 4.74 Å². The fraction of sp³-hybridized carbons (Fsp3) is 0.429. The third-order valence-electron chi connectivity index (χ3n) is 2.28. The number of ether oxygens (including phenoxy) is 2. The maximum absolute atomic E-state index is 11.6. The number of rotatable bonds is 3. The summed E-state index contributed by atoms with van der Waals surface area (Å²) in [5.74, 6) is 0.504. The van der Waals surface area contributed by atoms with Gasteiger partial charge in [-0.1, -0.05) is 0 Å². The molecule has 19 heavy (non-hydrogen) atoms. The van der Waals surface area contributed by atoms with Crippen LogP contribution in [0.15, 0.2) is 12.1 Å². The maximum atomic E-state index is 11.6. The van der Waals surface area contributed by atoms with E-state index in [1.807, 2.05) is 0 Å². The van der Waals surface area contributed by atoms with Crippen LogP contribution in [0.3, 0.4) is 0 Å². The van der Waals surface area contributed by atoms with Gasteiger partial charge in [-0.05, 0) is 45.4 Å². The van der Waals surface area contributed by atoms with Gasteiger partial charge in [0.15, 0.2) is 6.29 Å². The second kappa shape index (κ2) is 5.73. The van der Waals surface area contributed by atoms with Gasteiger partial charge >= 0.3 is 6.09 Å². The Morgan fingerprint density at radius 1 is 1.32 bits per heavy atom. The lowest BCUT2D eigenvalue weighted by molar-refractivity contribution is 0.0635. The van der Waals surface area contributed by atoms with Gasteiger partial charge in [-0.3, -0.25) is 10.1 Å². The molecule has 1 aromatic rings. The topological polar surface area (TPSA) is 64.6 Å². The fourth-order valence-corrected chi connectivity index (χ4v) is 1.66. The number of carbonyl (C=O) groups excluding carboxylic acids is 2. The van der Waals surface area contributed by atoms with E-state index < -0.39 is 11.7 Å². The molecule has 0 fully saturated rings. The van der Waals surface area contributed by atoms with E-state index >= 15 is 0 Å². The minimum Gasteiger partial charge on any atom is -0.496 e. The van der Waals surface area contributed by atoms with Crippen molar-refractivity contribution in [1.82, 2.24) is 0 Å². The first-order chi connectivity index (χ1) is 8.76. The molecule has 0 aliphatic heterocycles. The Morgan fingerprint density at radius 2 is 1.95 bits per heavy atom. The van der Waals surface area contributed by atoms with Gasteiger partial charge in [0.2, 0.25) is 0 Å². The number of aryl methyl sites for hydroxylation is 1. The Labute approximate surface area is 112 Å². The molecule has 0 unspecified atom stereocenters. The molecule has 0 radical (unpaired) electrons. The van der Waals surface area contributed by atoms with Gasteiger partial charge < -0.3 is 9.47 Å². The summed E-state index contributed by atoms with van der Waals surface area (Å²) in [4.78, 5) is 22.6. The van der Waals surface area contributed by atoms with Crippen molar-refractivity contribution in [2.24, 2.45) is 0 Å². The van der Waals surface area contributed by atoms with Crippen LogP contribution in [-0.4, -0.2) is 25.1 Å². The third kappa shape index (κ3) is 4.28. The SMILES string of the molecule is COc1c(C)cc(NC(=O)OC(C)(C)C)cc1C=O. The summed E-state index contributed by atoms with van der Waals surface area (Å²) in [5, 5.41) is 2.59. The van der Waals surface area contributed by atoms with Gasteiger partial charge in [-0.25, -0.2) is 4.79 Å². The number of methoxy groups -OCH3 is 1. The molecule has 0 aliphatic carbocycles. The molecule has 0 aromatic heterocycles. The highest BCUT2D eigenvalue weighted by Gasteiger charge is 2.17. The highest BCUT2D eigenvalue weighted by atomic mass is 16.6. The van der Waals surface area contributed by atoms with E-state index in [1.54, 1.807) is 39.8 Å². The first-order valence-corrected chi connectivity index (χ1v) is 5.90. The number of anilines is 1. The number of nitrogens with one attached hydrogen (secondary N) is 1. The Balaban J connectivity index is 2.94. The lowest BCUT2D eigenvalue weighted by atomic mass is 10.1. The first kappa shape index (κ1) is 15.0. The van der Waals surface area contributed by atoms with E-state index in [2.05, 4.69) is 5.32 Å². The van der Waals surface area contributed by atoms with Crippen molar-refractivity contribution in [2.45, 2.75) is 33.3 Å². The van der Waals surface area contributed by atoms with E-state index in [0.29, 0.717) is 23.3 Å². The van der Waals surface area contributed by atoms with E-state index in [1.165, 1.54) is 7.11 Å². The molecule has 1 amide bonds. The minimum atomic E-state index is -0.570. The molecule has 0 spiro atoms. The van der Waals surface area contributed by atoms with Crippen LogP contribution in [0.1, 0.15) is 36.7 Å². The van der Waals surface area contributed by atoms with Crippen LogP contribution in [0.25, 0.3) is 0 Å². The number of aldehydes is 1. The molecule has 0 atom stereocenters. The summed E-state index contributed by atoms with van der Waals surface area (Å²) in [6, 6.07) is 3.26. The molecule has 0 bridgehead atoms. The predicted octanol–water partition coefficient (Wildman–Crippen LogP) is 3.16. The quantitative estimate of drug-likeness (QED) is 0.852. The molecule has 0 aliphatic rings. The van der Waals surface area contributed by atoms with Gasteiger partial charge in [0.05, 0.1) is 12.7 Å². The molecule has 1 aromatic carbocycles. The normalized spacial score (nSPS) is 10.8. The molecule has 0 saturated heterocycles. The summed E-state index contributed by atoms with van der Waals surface area (Å²) in [7, 11) is 1.50. The second-order valence-corrected chi connectivity index (χ2v) is 5.16. The van der Waals surface area contributed by atoms with Crippen LogP contribution in [0.5, 0.6) is 5.75 Å². The summed E-state index contributed by atoms with van der Waals surface area (Å²) in [5.41, 5.74) is 1.07. The van der Waals surface area contributed by atoms with E-state index in [4.69, 9.17) is 9.47 Å². The van der Waals surface area contributed by atoms with Crippen molar-refractivity contribution in [2.75, 3.05) is 12.4 Å². The Bertz CT molecular complexity index is 489. The van der Waals surface area contributed by atoms with Crippen LogP contribution in [0.4, 0.5) is 10.5 Å². The average Bonchev–Trinajstić information content (AvgIpc) is 2.25. The maximum Gasteiger partial charge on any atom is 0.412 e. The van der Waals surface area contributed by atoms with Crippen molar-refractivity contribution < 1.29 is 19.1 Å². The lowest BCUT2D eigenvalue weighted by Gasteiger charge is -2.20. The van der Waals surface area contributed by atoms with Crippen molar-refractivity contribution in [3.05, 3.63) is 23.3 Å². The van der Waals surface area contributed by atoms with Gasteiger partial charge in [0.1, 0.15) is 11.4 Å². The molecule has 5 heteroatoms. The highest BCUT2D eigenvalue weighted by molar-refractivity contribution is 5.89. The number of benzene rings is 1. The van der Waals surface area contributed by atoms with Crippen LogP contribution >= 0.6 is 0 Å². The lowest BCUT2D eigenvalue weighted by Crippen LogP contribution is -2.27. The summed E-state index contributed by atoms with van der Waals surface area (Å²) >= 11 is 0. The van der Waals surface area contributed by atoms with Gasteiger partial charge in [0.25, 0.3) is 0 Å². The monoisotopic (exact) mass is 265 g/mol. The van der Waals surface area contributed by atoms with Crippen LogP contribution < -0.4 is 10.1 Å². The zero-order chi connectivity index (χ0) is 14.6. The van der Waals surface area contributed by atoms with Crippen molar-refractivity contribution in [3.8, 4) is 5.75 Å². The predicted molar refractivity (Wildman–Crippen MR) is 73.0 cm³/mol. The molecule has 1 N–H and O–H groups in total. The molecule has 5 nitrogen and oxygen atoms in total. The molecule has 1 rings (SSSR count). The first-order valence-electron chi connectivity index (χ1n) is 5.90.